The predicted octanol–water partition coefficient (Wildman–Crippen LogP) is 3.60. The smallest absolute Gasteiger partial charge is 0.411 e. The van der Waals surface area contributed by atoms with E-state index >= 15 is 0 Å². The quantitative estimate of drug-likeness (QED) is 0.791. The fourth-order valence-corrected chi connectivity index (χ4v) is 3.19. The van der Waals surface area contributed by atoms with E-state index in [4.69, 9.17) is 4.74 Å². The highest BCUT2D eigenvalue weighted by molar-refractivity contribution is 9.10. The van der Waals surface area contributed by atoms with Gasteiger partial charge in [0.25, 0.3) is 0 Å². The van der Waals surface area contributed by atoms with Gasteiger partial charge < -0.3 is 9.72 Å². The molecule has 2 heterocycles. The van der Waals surface area contributed by atoms with Crippen LogP contribution in [0.4, 0.5) is 4.79 Å². The molecule has 2 aliphatic rings. The van der Waals surface area contributed by atoms with E-state index in [-0.39, 0.29) is 11.6 Å². The maximum Gasteiger partial charge on any atom is 0.411 e. The van der Waals surface area contributed by atoms with Gasteiger partial charge in [-0.1, -0.05) is 0 Å². The van der Waals surface area contributed by atoms with E-state index in [1.807, 2.05) is 31.9 Å². The maximum absolute atomic E-state index is 12.4. The highest BCUT2D eigenvalue weighted by Gasteiger charge is 2.54. The predicted molar refractivity (Wildman–Crippen MR) is 75.9 cm³/mol. The zero-order valence-corrected chi connectivity index (χ0v) is 13.1. The molecule has 19 heavy (non-hydrogen) atoms. The number of aromatic nitrogens is 1. The van der Waals surface area contributed by atoms with Crippen molar-refractivity contribution in [2.45, 2.75) is 57.7 Å². The van der Waals surface area contributed by atoms with Crippen LogP contribution in [0, 0.1) is 0 Å². The highest BCUT2D eigenvalue weighted by Crippen LogP contribution is 2.49. The molecule has 0 atom stereocenters. The lowest BCUT2D eigenvalue weighted by molar-refractivity contribution is 0.00814. The minimum absolute atomic E-state index is 0.000370. The van der Waals surface area contributed by atoms with Crippen molar-refractivity contribution < 1.29 is 9.53 Å². The normalized spacial score (nSPS) is 20.3. The zero-order chi connectivity index (χ0) is 13.8. The molecular formula is C14H19BrN2O2. The Kier molecular flexibility index (Phi) is 2.75. The summed E-state index contributed by atoms with van der Waals surface area (Å²) in [5.74, 6) is 0. The molecule has 0 bridgehead atoms. The number of hydrogen-bond donors (Lipinski definition) is 1. The molecule has 4 nitrogen and oxygen atoms in total. The number of carbonyl (C=O) groups excluding carboxylic acids is 1. The number of carbonyl (C=O) groups is 1. The van der Waals surface area contributed by atoms with Gasteiger partial charge >= 0.3 is 6.09 Å². The molecule has 0 aromatic carbocycles. The number of amides is 1. The Labute approximate surface area is 121 Å². The Balaban J connectivity index is 1.86. The molecule has 1 aliphatic carbocycles. The fraction of sp³-hybridized carbons (Fsp3) is 0.643. The zero-order valence-electron chi connectivity index (χ0n) is 11.5. The summed E-state index contributed by atoms with van der Waals surface area (Å²) < 4.78 is 6.59. The third-order valence-electron chi connectivity index (χ3n) is 3.86. The lowest BCUT2D eigenvalue weighted by Gasteiger charge is -2.37. The van der Waals surface area contributed by atoms with Crippen molar-refractivity contribution in [2.24, 2.45) is 0 Å². The number of ether oxygens (including phenoxy) is 1. The molecule has 1 aromatic heterocycles. The van der Waals surface area contributed by atoms with Crippen LogP contribution in [0.1, 0.15) is 44.9 Å². The Morgan fingerprint density at radius 2 is 2.16 bits per heavy atom. The summed E-state index contributed by atoms with van der Waals surface area (Å²) in [6.07, 6.45) is 4.82. The average Bonchev–Trinajstić information content (AvgIpc) is 2.94. The number of halogens is 1. The number of H-pyrrole nitrogens is 1. The Hall–Kier alpha value is -0.970. The summed E-state index contributed by atoms with van der Waals surface area (Å²) in [7, 11) is 0. The Morgan fingerprint density at radius 1 is 1.47 bits per heavy atom. The SMILES string of the molecule is CC(C)(C)OC(=O)N1Cc2c(Br)c[nH]c2CC12CC2. The van der Waals surface area contributed by atoms with Crippen molar-refractivity contribution in [3.8, 4) is 0 Å². The van der Waals surface area contributed by atoms with Crippen LogP contribution in [0.2, 0.25) is 0 Å². The number of fused-ring (bicyclic) bond motifs is 1. The van der Waals surface area contributed by atoms with E-state index in [1.165, 1.54) is 11.3 Å². The van der Waals surface area contributed by atoms with Crippen LogP contribution in [-0.2, 0) is 17.7 Å². The van der Waals surface area contributed by atoms with Crippen molar-refractivity contribution in [3.05, 3.63) is 21.9 Å². The van der Waals surface area contributed by atoms with Gasteiger partial charge in [-0.25, -0.2) is 4.79 Å². The minimum atomic E-state index is -0.442. The van der Waals surface area contributed by atoms with Gasteiger partial charge in [0.05, 0.1) is 12.1 Å². The monoisotopic (exact) mass is 326 g/mol. The minimum Gasteiger partial charge on any atom is -0.444 e. The van der Waals surface area contributed by atoms with Crippen LogP contribution >= 0.6 is 15.9 Å². The number of aromatic amines is 1. The molecule has 0 radical (unpaired) electrons. The van der Waals surface area contributed by atoms with E-state index in [2.05, 4.69) is 20.9 Å². The molecule has 1 aromatic rings. The van der Waals surface area contributed by atoms with Gasteiger partial charge in [0, 0.05) is 28.3 Å². The summed E-state index contributed by atoms with van der Waals surface area (Å²) in [5.41, 5.74) is 2.00. The second-order valence-corrected chi connectivity index (χ2v) is 7.42. The average molecular weight is 327 g/mol. The highest BCUT2D eigenvalue weighted by atomic mass is 79.9. The first-order valence-electron chi connectivity index (χ1n) is 6.66. The van der Waals surface area contributed by atoms with Gasteiger partial charge in [-0.15, -0.1) is 0 Å². The maximum atomic E-state index is 12.4. The summed E-state index contributed by atoms with van der Waals surface area (Å²) in [4.78, 5) is 17.6. The van der Waals surface area contributed by atoms with Gasteiger partial charge in [0.2, 0.25) is 0 Å². The summed E-state index contributed by atoms with van der Waals surface area (Å²) >= 11 is 3.54. The van der Waals surface area contributed by atoms with Crippen LogP contribution in [0.15, 0.2) is 10.7 Å². The van der Waals surface area contributed by atoms with E-state index in [0.717, 1.165) is 23.7 Å². The Morgan fingerprint density at radius 3 is 2.74 bits per heavy atom. The van der Waals surface area contributed by atoms with Crippen LogP contribution in [0.25, 0.3) is 0 Å². The van der Waals surface area contributed by atoms with Gasteiger partial charge in [-0.2, -0.15) is 0 Å². The molecular weight excluding hydrogens is 308 g/mol. The third-order valence-corrected chi connectivity index (χ3v) is 4.57. The van der Waals surface area contributed by atoms with E-state index in [1.54, 1.807) is 0 Å². The molecule has 0 saturated heterocycles. The van der Waals surface area contributed by atoms with Crippen molar-refractivity contribution in [2.75, 3.05) is 0 Å². The fourth-order valence-electron chi connectivity index (χ4n) is 2.71. The molecule has 1 saturated carbocycles. The van der Waals surface area contributed by atoms with Crippen molar-refractivity contribution in [3.63, 3.8) is 0 Å². The Bertz CT molecular complexity index is 526. The summed E-state index contributed by atoms with van der Waals surface area (Å²) in [6.45, 7) is 6.36. The van der Waals surface area contributed by atoms with E-state index < -0.39 is 5.60 Å². The first-order valence-corrected chi connectivity index (χ1v) is 7.45. The lowest BCUT2D eigenvalue weighted by atomic mass is 9.99. The van der Waals surface area contributed by atoms with Gasteiger partial charge in [-0.3, -0.25) is 4.90 Å². The molecule has 1 amide bonds. The first kappa shape index (κ1) is 13.0. The number of hydrogen-bond acceptors (Lipinski definition) is 2. The second kappa shape index (κ2) is 4.01. The van der Waals surface area contributed by atoms with Crippen LogP contribution in [-0.4, -0.2) is 27.1 Å². The van der Waals surface area contributed by atoms with Gasteiger partial charge in [0.15, 0.2) is 0 Å². The first-order chi connectivity index (χ1) is 8.81. The molecule has 1 aliphatic heterocycles. The summed E-state index contributed by atoms with van der Waals surface area (Å²) in [5, 5.41) is 0. The molecule has 5 heteroatoms. The largest absolute Gasteiger partial charge is 0.444 e. The van der Waals surface area contributed by atoms with Crippen LogP contribution < -0.4 is 0 Å². The molecule has 104 valence electrons. The second-order valence-electron chi connectivity index (χ2n) is 6.56. The third kappa shape index (κ3) is 2.29. The summed E-state index contributed by atoms with van der Waals surface area (Å²) in [6, 6.07) is 0. The van der Waals surface area contributed by atoms with Crippen LogP contribution in [0.5, 0.6) is 0 Å². The number of nitrogens with one attached hydrogen (secondary N) is 1. The number of nitrogens with zero attached hydrogens (tertiary/aromatic N) is 1. The molecule has 1 fully saturated rings. The molecule has 1 spiro atoms. The van der Waals surface area contributed by atoms with Gasteiger partial charge in [0.1, 0.15) is 5.60 Å². The molecule has 0 unspecified atom stereocenters. The van der Waals surface area contributed by atoms with Crippen molar-refractivity contribution in [1.29, 1.82) is 0 Å². The van der Waals surface area contributed by atoms with Crippen molar-refractivity contribution >= 4 is 22.0 Å². The topological polar surface area (TPSA) is 45.3 Å². The van der Waals surface area contributed by atoms with Gasteiger partial charge in [-0.05, 0) is 49.5 Å². The van der Waals surface area contributed by atoms with Crippen LogP contribution in [0.3, 0.4) is 0 Å². The molecule has 1 N–H and O–H groups in total. The van der Waals surface area contributed by atoms with Crippen molar-refractivity contribution in [1.82, 2.24) is 9.88 Å². The molecule has 3 rings (SSSR count). The standard InChI is InChI=1S/C14H19BrN2O2/c1-13(2,3)19-12(18)17-8-9-10(15)7-16-11(9)6-14(17)4-5-14/h7,16H,4-6,8H2,1-3H3. The lowest BCUT2D eigenvalue weighted by Crippen LogP contribution is -2.48. The van der Waals surface area contributed by atoms with E-state index in [0.29, 0.717) is 6.54 Å². The number of rotatable bonds is 0. The van der Waals surface area contributed by atoms with E-state index in [9.17, 15) is 4.79 Å².